The molecule has 0 saturated carbocycles. The minimum atomic E-state index is 0.00760. The van der Waals surface area contributed by atoms with Crippen molar-refractivity contribution in [1.29, 1.82) is 0 Å². The Morgan fingerprint density at radius 1 is 1.05 bits per heavy atom. The molecule has 0 atom stereocenters. The first-order valence-corrected chi connectivity index (χ1v) is 7.29. The van der Waals surface area contributed by atoms with Gasteiger partial charge in [-0.25, -0.2) is 0 Å². The largest absolute Gasteiger partial charge is 0.378 e. The summed E-state index contributed by atoms with van der Waals surface area (Å²) in [5.41, 5.74) is 3.58. The van der Waals surface area contributed by atoms with Crippen LogP contribution in [-0.4, -0.2) is 19.9 Å². The summed E-state index contributed by atoms with van der Waals surface area (Å²) in [7, 11) is 4.04. The van der Waals surface area contributed by atoms with Crippen LogP contribution < -0.4 is 4.90 Å². The summed E-state index contributed by atoms with van der Waals surface area (Å²) in [4.78, 5) is 14.2. The predicted octanol–water partition coefficient (Wildman–Crippen LogP) is 4.60. The van der Waals surface area contributed by atoms with Crippen LogP contribution in [0.1, 0.15) is 22.3 Å². The second kappa shape index (κ2) is 7.41. The lowest BCUT2D eigenvalue weighted by atomic mass is 10.0. The molecule has 0 heterocycles. The molecule has 0 fully saturated rings. The van der Waals surface area contributed by atoms with Crippen molar-refractivity contribution in [3.63, 3.8) is 0 Å². The summed E-state index contributed by atoms with van der Waals surface area (Å²) < 4.78 is 0. The molecule has 2 nitrogen and oxygen atoms in total. The summed E-state index contributed by atoms with van der Waals surface area (Å²) in [5, 5.41) is 0. The molecule has 0 aromatic heterocycles. The highest BCUT2D eigenvalue weighted by atomic mass is 16.1. The molecule has 22 heavy (non-hydrogen) atoms. The van der Waals surface area contributed by atoms with Crippen LogP contribution in [0.3, 0.4) is 0 Å². The van der Waals surface area contributed by atoms with E-state index >= 15 is 0 Å². The summed E-state index contributed by atoms with van der Waals surface area (Å²) in [6.45, 7) is 3.89. The predicted molar refractivity (Wildman–Crippen MR) is 94.3 cm³/mol. The first-order valence-electron chi connectivity index (χ1n) is 7.29. The van der Waals surface area contributed by atoms with Crippen molar-refractivity contribution >= 4 is 17.5 Å². The Morgan fingerprint density at radius 3 is 2.27 bits per heavy atom. The average molecular weight is 291 g/mol. The van der Waals surface area contributed by atoms with E-state index in [0.717, 1.165) is 5.56 Å². The highest BCUT2D eigenvalue weighted by Crippen LogP contribution is 2.15. The number of anilines is 1. The van der Waals surface area contributed by atoms with Gasteiger partial charge in [0.05, 0.1) is 0 Å². The van der Waals surface area contributed by atoms with Gasteiger partial charge in [0.15, 0.2) is 5.78 Å². The quantitative estimate of drug-likeness (QED) is 0.573. The number of carbonyl (C=O) groups excluding carboxylic acids is 1. The molecule has 2 aromatic carbocycles. The molecule has 0 unspecified atom stereocenters. The third-order valence-electron chi connectivity index (χ3n) is 3.44. The summed E-state index contributed by atoms with van der Waals surface area (Å²) in [5.74, 6) is 0.00760. The summed E-state index contributed by atoms with van der Waals surface area (Å²) in [6, 6.07) is 17.5. The molecule has 0 N–H and O–H groups in total. The molecule has 2 heteroatoms. The maximum absolute atomic E-state index is 12.2. The summed E-state index contributed by atoms with van der Waals surface area (Å²) >= 11 is 0. The molecule has 0 aliphatic heterocycles. The molecule has 2 aromatic rings. The second-order valence-electron chi connectivity index (χ2n) is 5.39. The molecule has 0 aliphatic rings. The first-order chi connectivity index (χ1) is 10.6. The van der Waals surface area contributed by atoms with Crippen molar-refractivity contribution in [2.75, 3.05) is 19.0 Å². The third-order valence-corrected chi connectivity index (χ3v) is 3.44. The van der Waals surface area contributed by atoms with Gasteiger partial charge in [-0.3, -0.25) is 4.79 Å². The van der Waals surface area contributed by atoms with Crippen molar-refractivity contribution < 1.29 is 4.79 Å². The normalized spacial score (nSPS) is 10.6. The van der Waals surface area contributed by atoms with Gasteiger partial charge in [-0.2, -0.15) is 0 Å². The van der Waals surface area contributed by atoms with E-state index in [1.807, 2.05) is 56.6 Å². The van der Waals surface area contributed by atoms with Crippen LogP contribution in [0.25, 0.3) is 6.08 Å². The van der Waals surface area contributed by atoms with Crippen molar-refractivity contribution in [2.24, 2.45) is 0 Å². The number of nitrogens with zero attached hydrogens (tertiary/aromatic N) is 1. The van der Waals surface area contributed by atoms with Gasteiger partial charge >= 0.3 is 0 Å². The Labute approximate surface area is 132 Å². The number of benzene rings is 2. The third kappa shape index (κ3) is 4.19. The Kier molecular flexibility index (Phi) is 5.31. The van der Waals surface area contributed by atoms with Crippen LogP contribution in [0, 0.1) is 0 Å². The Hall–Kier alpha value is -2.61. The zero-order chi connectivity index (χ0) is 15.9. The number of Topliss-reactive ketones (excluding diaryl/α,β-unsaturated/α-hetero) is 1. The zero-order valence-corrected chi connectivity index (χ0v) is 13.1. The van der Waals surface area contributed by atoms with Crippen LogP contribution in [0.15, 0.2) is 72.8 Å². The van der Waals surface area contributed by atoms with Gasteiger partial charge in [0.1, 0.15) is 0 Å². The van der Waals surface area contributed by atoms with E-state index in [1.54, 1.807) is 0 Å². The van der Waals surface area contributed by atoms with E-state index in [4.69, 9.17) is 0 Å². The number of allylic oxidation sites excluding steroid dienone is 2. The van der Waals surface area contributed by atoms with Gasteiger partial charge in [-0.05, 0) is 29.7 Å². The van der Waals surface area contributed by atoms with Gasteiger partial charge < -0.3 is 4.90 Å². The average Bonchev–Trinajstić information content (AvgIpc) is 2.55. The standard InChI is InChI=1S/C20H21NO/c1-16(20(22)18-10-5-4-6-11-18)8-7-9-17-12-14-19(15-13-17)21(2)3/h4-7,9-15H,1,8H2,2-3H3/b9-7+. The minimum Gasteiger partial charge on any atom is -0.378 e. The van der Waals surface area contributed by atoms with E-state index in [9.17, 15) is 4.79 Å². The first kappa shape index (κ1) is 15.8. The fraction of sp³-hybridized carbons (Fsp3) is 0.150. The number of hydrogen-bond acceptors (Lipinski definition) is 2. The molecular formula is C20H21NO. The van der Waals surface area contributed by atoms with E-state index in [2.05, 4.69) is 35.7 Å². The molecule has 0 saturated heterocycles. The van der Waals surface area contributed by atoms with Crippen LogP contribution in [0.2, 0.25) is 0 Å². The number of rotatable bonds is 6. The molecule has 0 aliphatic carbocycles. The minimum absolute atomic E-state index is 0.00760. The Balaban J connectivity index is 1.94. The number of hydrogen-bond donors (Lipinski definition) is 0. The van der Waals surface area contributed by atoms with Crippen molar-refractivity contribution in [2.45, 2.75) is 6.42 Å². The second-order valence-corrected chi connectivity index (χ2v) is 5.39. The Bertz CT molecular complexity index is 667. The molecule has 0 spiro atoms. The Morgan fingerprint density at radius 2 is 1.68 bits per heavy atom. The summed E-state index contributed by atoms with van der Waals surface area (Å²) in [6.07, 6.45) is 4.56. The van der Waals surface area contributed by atoms with Crippen LogP contribution >= 0.6 is 0 Å². The van der Waals surface area contributed by atoms with Crippen LogP contribution in [0.4, 0.5) is 5.69 Å². The van der Waals surface area contributed by atoms with Gasteiger partial charge in [0, 0.05) is 25.3 Å². The highest BCUT2D eigenvalue weighted by molar-refractivity contribution is 6.08. The van der Waals surface area contributed by atoms with Gasteiger partial charge in [0.25, 0.3) is 0 Å². The van der Waals surface area contributed by atoms with E-state index in [1.165, 1.54) is 5.69 Å². The number of carbonyl (C=O) groups is 1. The molecular weight excluding hydrogens is 270 g/mol. The van der Waals surface area contributed by atoms with Crippen LogP contribution in [0.5, 0.6) is 0 Å². The topological polar surface area (TPSA) is 20.3 Å². The van der Waals surface area contributed by atoms with Gasteiger partial charge in [0.2, 0.25) is 0 Å². The van der Waals surface area contributed by atoms with Crippen molar-refractivity contribution in [3.05, 3.63) is 84.0 Å². The van der Waals surface area contributed by atoms with Crippen LogP contribution in [-0.2, 0) is 0 Å². The van der Waals surface area contributed by atoms with Gasteiger partial charge in [-0.15, -0.1) is 0 Å². The molecule has 112 valence electrons. The molecule has 2 rings (SSSR count). The van der Waals surface area contributed by atoms with E-state index in [-0.39, 0.29) is 5.78 Å². The smallest absolute Gasteiger partial charge is 0.188 e. The fourth-order valence-electron chi connectivity index (χ4n) is 2.11. The lowest BCUT2D eigenvalue weighted by molar-refractivity contribution is 0.103. The lowest BCUT2D eigenvalue weighted by Gasteiger charge is -2.11. The SMILES string of the molecule is C=C(C/C=C/c1ccc(N(C)C)cc1)C(=O)c1ccccc1. The highest BCUT2D eigenvalue weighted by Gasteiger charge is 2.07. The lowest BCUT2D eigenvalue weighted by Crippen LogP contribution is -2.07. The zero-order valence-electron chi connectivity index (χ0n) is 13.1. The maximum atomic E-state index is 12.2. The molecule has 0 bridgehead atoms. The number of ketones is 1. The van der Waals surface area contributed by atoms with Crippen molar-refractivity contribution in [1.82, 2.24) is 0 Å². The fourth-order valence-corrected chi connectivity index (χ4v) is 2.11. The molecule has 0 amide bonds. The van der Waals surface area contributed by atoms with Gasteiger partial charge in [-0.1, -0.05) is 61.2 Å². The van der Waals surface area contributed by atoms with E-state index < -0.39 is 0 Å². The monoisotopic (exact) mass is 291 g/mol. The van der Waals surface area contributed by atoms with E-state index in [0.29, 0.717) is 17.6 Å². The van der Waals surface area contributed by atoms with Crippen molar-refractivity contribution in [3.8, 4) is 0 Å². The maximum Gasteiger partial charge on any atom is 0.188 e. The molecule has 0 radical (unpaired) electrons.